The summed E-state index contributed by atoms with van der Waals surface area (Å²) >= 11 is 0. The third-order valence-corrected chi connectivity index (χ3v) is 5.21. The zero-order valence-electron chi connectivity index (χ0n) is 16.5. The van der Waals surface area contributed by atoms with Crippen LogP contribution in [0.1, 0.15) is 30.0 Å². The lowest BCUT2D eigenvalue weighted by Gasteiger charge is -2.30. The molecule has 3 aromatic rings. The minimum Gasteiger partial charge on any atom is -0.496 e. The third-order valence-electron chi connectivity index (χ3n) is 5.21. The molecule has 0 bridgehead atoms. The van der Waals surface area contributed by atoms with Crippen LogP contribution in [-0.2, 0) is 0 Å². The number of methoxy groups -OCH3 is 1. The summed E-state index contributed by atoms with van der Waals surface area (Å²) in [4.78, 5) is 10.5. The number of hydrogen-bond acceptors (Lipinski definition) is 7. The van der Waals surface area contributed by atoms with E-state index in [1.165, 1.54) is 37.3 Å². The van der Waals surface area contributed by atoms with Gasteiger partial charge in [0.25, 0.3) is 0 Å². The normalized spacial score (nSPS) is 16.9. The molecule has 1 saturated heterocycles. The van der Waals surface area contributed by atoms with Crippen LogP contribution in [0.15, 0.2) is 36.7 Å². The molecule has 29 heavy (non-hydrogen) atoms. The van der Waals surface area contributed by atoms with Crippen molar-refractivity contribution in [1.82, 2.24) is 25.1 Å². The maximum atomic E-state index is 8.81. The number of aromatic amines is 1. The second kappa shape index (κ2) is 8.29. The third kappa shape index (κ3) is 4.20. The number of ether oxygens (including phenoxy) is 1. The number of anilines is 2. The highest BCUT2D eigenvalue weighted by Gasteiger charge is 2.20. The van der Waals surface area contributed by atoms with Gasteiger partial charge in [-0.25, -0.2) is 9.97 Å². The zero-order chi connectivity index (χ0) is 20.2. The SMILES string of the molecule is COc1cc(C2CCCN(C)C2)ccc1-c1cc(Nc2cnc(C#N)cn2)n[nH]1. The van der Waals surface area contributed by atoms with E-state index in [1.807, 2.05) is 12.1 Å². The Hall–Kier alpha value is -3.44. The first kappa shape index (κ1) is 18.9. The lowest BCUT2D eigenvalue weighted by molar-refractivity contribution is 0.250. The molecule has 3 heterocycles. The minimum absolute atomic E-state index is 0.271. The molecule has 0 amide bonds. The Kier molecular flexibility index (Phi) is 5.40. The van der Waals surface area contributed by atoms with Crippen molar-refractivity contribution in [2.45, 2.75) is 18.8 Å². The van der Waals surface area contributed by atoms with Crippen molar-refractivity contribution < 1.29 is 4.74 Å². The van der Waals surface area contributed by atoms with Crippen molar-refractivity contribution in [2.24, 2.45) is 0 Å². The first-order valence-corrected chi connectivity index (χ1v) is 9.57. The van der Waals surface area contributed by atoms with Crippen LogP contribution in [0.25, 0.3) is 11.3 Å². The highest BCUT2D eigenvalue weighted by atomic mass is 16.5. The van der Waals surface area contributed by atoms with Gasteiger partial charge >= 0.3 is 0 Å². The van der Waals surface area contributed by atoms with Crippen molar-refractivity contribution in [1.29, 1.82) is 5.26 Å². The van der Waals surface area contributed by atoms with Gasteiger partial charge in [-0.1, -0.05) is 6.07 Å². The van der Waals surface area contributed by atoms with Crippen LogP contribution in [0.3, 0.4) is 0 Å². The summed E-state index contributed by atoms with van der Waals surface area (Å²) in [6.45, 7) is 2.24. The van der Waals surface area contributed by atoms with Gasteiger partial charge < -0.3 is 15.0 Å². The van der Waals surface area contributed by atoms with E-state index in [-0.39, 0.29) is 5.69 Å². The number of nitrogens with zero attached hydrogens (tertiary/aromatic N) is 5. The Bertz CT molecular complexity index is 1020. The van der Waals surface area contributed by atoms with Crippen LogP contribution < -0.4 is 10.1 Å². The van der Waals surface area contributed by atoms with E-state index in [0.29, 0.717) is 17.6 Å². The molecular weight excluding hydrogens is 366 g/mol. The fourth-order valence-electron chi connectivity index (χ4n) is 3.73. The Balaban J connectivity index is 1.54. The number of hydrogen-bond donors (Lipinski definition) is 2. The molecule has 4 rings (SSSR count). The van der Waals surface area contributed by atoms with Gasteiger partial charge in [-0.05, 0) is 50.0 Å². The Labute approximate surface area is 169 Å². The van der Waals surface area contributed by atoms with Gasteiger partial charge in [0, 0.05) is 18.2 Å². The van der Waals surface area contributed by atoms with E-state index in [0.717, 1.165) is 23.6 Å². The molecular formula is C21H23N7O. The molecule has 0 radical (unpaired) electrons. The van der Waals surface area contributed by atoms with Gasteiger partial charge in [0.1, 0.15) is 17.6 Å². The van der Waals surface area contributed by atoms with Gasteiger partial charge in [-0.15, -0.1) is 0 Å². The monoisotopic (exact) mass is 389 g/mol. The molecule has 0 spiro atoms. The largest absolute Gasteiger partial charge is 0.496 e. The number of piperidine rings is 1. The van der Waals surface area contributed by atoms with E-state index in [1.54, 1.807) is 7.11 Å². The van der Waals surface area contributed by atoms with E-state index in [2.05, 4.69) is 55.6 Å². The standard InChI is InChI=1S/C21H23N7O/c1-28-7-3-4-15(13-28)14-5-6-17(19(8-14)29-2)18-9-20(27-26-18)25-21-12-23-16(10-22)11-24-21/h5-6,8-9,11-12,15H,3-4,7,13H2,1-2H3,(H2,24,25,26,27). The maximum Gasteiger partial charge on any atom is 0.158 e. The topological polar surface area (TPSA) is 103 Å². The molecule has 0 saturated carbocycles. The van der Waals surface area contributed by atoms with Crippen LogP contribution in [0, 0.1) is 11.3 Å². The minimum atomic E-state index is 0.271. The molecule has 1 aromatic carbocycles. The Morgan fingerprint density at radius 3 is 2.86 bits per heavy atom. The van der Waals surface area contributed by atoms with Crippen LogP contribution in [0.2, 0.25) is 0 Å². The fraction of sp³-hybridized carbons (Fsp3) is 0.333. The molecule has 2 N–H and O–H groups in total. The maximum absolute atomic E-state index is 8.81. The van der Waals surface area contributed by atoms with Crippen molar-refractivity contribution in [3.63, 3.8) is 0 Å². The molecule has 1 unspecified atom stereocenters. The Morgan fingerprint density at radius 2 is 2.14 bits per heavy atom. The zero-order valence-corrected chi connectivity index (χ0v) is 16.5. The second-order valence-electron chi connectivity index (χ2n) is 7.25. The number of nitrogens with one attached hydrogen (secondary N) is 2. The predicted molar refractivity (Wildman–Crippen MR) is 110 cm³/mol. The van der Waals surface area contributed by atoms with Crippen LogP contribution in [0.4, 0.5) is 11.6 Å². The average molecular weight is 389 g/mol. The molecule has 8 nitrogen and oxygen atoms in total. The highest BCUT2D eigenvalue weighted by Crippen LogP contribution is 2.35. The lowest BCUT2D eigenvalue weighted by Crippen LogP contribution is -2.30. The lowest BCUT2D eigenvalue weighted by atomic mass is 9.90. The number of likely N-dealkylation sites (tertiary alicyclic amines) is 1. The summed E-state index contributed by atoms with van der Waals surface area (Å²) in [6.07, 6.45) is 5.35. The van der Waals surface area contributed by atoms with Crippen LogP contribution >= 0.6 is 0 Å². The molecule has 148 valence electrons. The summed E-state index contributed by atoms with van der Waals surface area (Å²) in [5.41, 5.74) is 3.38. The van der Waals surface area contributed by atoms with E-state index >= 15 is 0 Å². The molecule has 1 atom stereocenters. The molecule has 1 fully saturated rings. The summed E-state index contributed by atoms with van der Waals surface area (Å²) in [6, 6.07) is 10.2. The molecule has 1 aliphatic heterocycles. The predicted octanol–water partition coefficient (Wildman–Crippen LogP) is 3.30. The fourth-order valence-corrected chi connectivity index (χ4v) is 3.73. The number of H-pyrrole nitrogens is 1. The molecule has 2 aromatic heterocycles. The molecule has 0 aliphatic carbocycles. The summed E-state index contributed by atoms with van der Waals surface area (Å²) < 4.78 is 5.68. The van der Waals surface area contributed by atoms with Crippen molar-refractivity contribution in [2.75, 3.05) is 32.6 Å². The van der Waals surface area contributed by atoms with Gasteiger partial charge in [-0.2, -0.15) is 10.4 Å². The number of rotatable bonds is 5. The summed E-state index contributed by atoms with van der Waals surface area (Å²) in [5.74, 6) is 2.49. The van der Waals surface area contributed by atoms with Crippen molar-refractivity contribution in [3.05, 3.63) is 47.9 Å². The number of nitriles is 1. The Morgan fingerprint density at radius 1 is 1.24 bits per heavy atom. The number of benzene rings is 1. The van der Waals surface area contributed by atoms with Gasteiger partial charge in [0.15, 0.2) is 11.5 Å². The van der Waals surface area contributed by atoms with Crippen molar-refractivity contribution in [3.8, 4) is 23.1 Å². The van der Waals surface area contributed by atoms with Gasteiger partial charge in [-0.3, -0.25) is 5.10 Å². The van der Waals surface area contributed by atoms with E-state index in [9.17, 15) is 0 Å². The smallest absolute Gasteiger partial charge is 0.158 e. The van der Waals surface area contributed by atoms with E-state index < -0.39 is 0 Å². The number of aromatic nitrogens is 4. The highest BCUT2D eigenvalue weighted by molar-refractivity contribution is 5.71. The quantitative estimate of drug-likeness (QED) is 0.690. The van der Waals surface area contributed by atoms with Crippen LogP contribution in [0.5, 0.6) is 5.75 Å². The average Bonchev–Trinajstić information content (AvgIpc) is 3.22. The van der Waals surface area contributed by atoms with E-state index in [4.69, 9.17) is 10.00 Å². The van der Waals surface area contributed by atoms with Gasteiger partial charge in [0.2, 0.25) is 0 Å². The summed E-state index contributed by atoms with van der Waals surface area (Å²) in [5, 5.41) is 19.2. The van der Waals surface area contributed by atoms with Gasteiger partial charge in [0.05, 0.1) is 25.2 Å². The first-order valence-electron chi connectivity index (χ1n) is 9.57. The van der Waals surface area contributed by atoms with Crippen LogP contribution in [-0.4, -0.2) is 52.3 Å². The van der Waals surface area contributed by atoms with Crippen molar-refractivity contribution >= 4 is 11.6 Å². The summed E-state index contributed by atoms with van der Waals surface area (Å²) in [7, 11) is 3.87. The second-order valence-corrected chi connectivity index (χ2v) is 7.25. The number of likely N-dealkylation sites (N-methyl/N-ethyl adjacent to an activating group) is 1. The molecule has 8 heteroatoms. The molecule has 1 aliphatic rings. The first-order chi connectivity index (χ1) is 14.2.